The molecule has 4 aromatic heterocycles. The topological polar surface area (TPSA) is 104 Å². The molecule has 4 rings (SSSR count). The van der Waals surface area contributed by atoms with Gasteiger partial charge in [-0.05, 0) is 31.0 Å². The maximum absolute atomic E-state index is 13.3. The zero-order valence-corrected chi connectivity index (χ0v) is 19.6. The van der Waals surface area contributed by atoms with Crippen LogP contribution in [-0.2, 0) is 11.3 Å². The molecule has 0 aromatic carbocycles. The van der Waals surface area contributed by atoms with Crippen LogP contribution in [0.4, 0.5) is 13.2 Å². The first-order valence-electron chi connectivity index (χ1n) is 11.1. The maximum Gasteiger partial charge on any atom is 0.397 e. The molecule has 12 heteroatoms. The monoisotopic (exact) mass is 503 g/mol. The van der Waals surface area contributed by atoms with Crippen molar-refractivity contribution >= 4 is 11.5 Å². The van der Waals surface area contributed by atoms with E-state index in [1.165, 1.54) is 18.0 Å². The highest BCUT2D eigenvalue weighted by atomic mass is 19.4. The Bertz CT molecular complexity index is 1350. The number of aromatic nitrogens is 5. The van der Waals surface area contributed by atoms with E-state index in [4.69, 9.17) is 14.6 Å². The maximum atomic E-state index is 13.3. The van der Waals surface area contributed by atoms with Gasteiger partial charge in [-0.3, -0.25) is 0 Å². The molecular formula is C24H24F3N5O4. The van der Waals surface area contributed by atoms with Crippen LogP contribution in [0.2, 0.25) is 0 Å². The van der Waals surface area contributed by atoms with Crippen LogP contribution in [0, 0.1) is 0 Å². The number of carbonyl (C=O) groups excluding carboxylic acids is 1. The summed E-state index contributed by atoms with van der Waals surface area (Å²) in [5, 5.41) is 16.5. The molecule has 0 aliphatic heterocycles. The first-order valence-corrected chi connectivity index (χ1v) is 11.1. The van der Waals surface area contributed by atoms with Crippen molar-refractivity contribution in [1.82, 2.24) is 24.4 Å². The molecule has 4 aromatic rings. The van der Waals surface area contributed by atoms with E-state index < -0.39 is 31.1 Å². The van der Waals surface area contributed by atoms with Crippen LogP contribution in [0.15, 0.2) is 49.1 Å². The lowest BCUT2D eigenvalue weighted by Gasteiger charge is -2.16. The van der Waals surface area contributed by atoms with Crippen LogP contribution in [0.3, 0.4) is 0 Å². The van der Waals surface area contributed by atoms with Crippen molar-refractivity contribution in [3.05, 3.63) is 65.9 Å². The molecule has 0 spiro atoms. The summed E-state index contributed by atoms with van der Waals surface area (Å²) in [5.74, 6) is -1.95. The van der Waals surface area contributed by atoms with Gasteiger partial charge in [-0.2, -0.15) is 13.2 Å². The van der Waals surface area contributed by atoms with Gasteiger partial charge >= 0.3 is 12.1 Å². The standard InChI is InChI=1S/C24H24F3N5O4/c1-3-36-23(34)17-13-31-11-15(4-6-20(31)22(17)16-5-7-21(35-2)28-10-16)12-32-14-19(29-30-32)18(8-9-33)24(25,26)27/h4-7,10-11,13-14,18,33H,3,8-9,12H2,1-2H3. The molecule has 0 saturated heterocycles. The Kier molecular flexibility index (Phi) is 7.25. The van der Waals surface area contributed by atoms with E-state index in [1.54, 1.807) is 54.2 Å². The van der Waals surface area contributed by atoms with Gasteiger partial charge in [0.15, 0.2) is 0 Å². The number of ether oxygens (including phenoxy) is 2. The number of pyridine rings is 2. The zero-order valence-electron chi connectivity index (χ0n) is 19.6. The SMILES string of the molecule is CCOC(=O)c1cn2cc(Cn3cc(C(CCO)C(F)(F)F)nn3)ccc2c1-c1ccc(OC)nc1. The minimum atomic E-state index is -4.54. The molecule has 0 fully saturated rings. The van der Waals surface area contributed by atoms with E-state index in [9.17, 15) is 18.0 Å². The van der Waals surface area contributed by atoms with Gasteiger partial charge in [-0.1, -0.05) is 11.3 Å². The summed E-state index contributed by atoms with van der Waals surface area (Å²) in [6.45, 7) is 1.46. The predicted molar refractivity (Wildman–Crippen MR) is 123 cm³/mol. The lowest BCUT2D eigenvalue weighted by atomic mass is 10.0. The second kappa shape index (κ2) is 10.4. The van der Waals surface area contributed by atoms with Crippen LogP contribution in [0.1, 0.15) is 40.9 Å². The van der Waals surface area contributed by atoms with Gasteiger partial charge in [0.1, 0.15) is 5.92 Å². The highest BCUT2D eigenvalue weighted by molar-refractivity contribution is 6.02. The van der Waals surface area contributed by atoms with Crippen molar-refractivity contribution in [3.63, 3.8) is 0 Å². The number of alkyl halides is 3. The number of aliphatic hydroxyl groups excluding tert-OH is 1. The normalized spacial score (nSPS) is 12.6. The summed E-state index contributed by atoms with van der Waals surface area (Å²) >= 11 is 0. The Balaban J connectivity index is 1.68. The number of halogens is 3. The molecule has 0 amide bonds. The molecular weight excluding hydrogens is 479 g/mol. The first-order chi connectivity index (χ1) is 17.2. The fourth-order valence-electron chi connectivity index (χ4n) is 3.98. The molecule has 0 radical (unpaired) electrons. The second-order valence-electron chi connectivity index (χ2n) is 8.00. The number of aliphatic hydroxyl groups is 1. The second-order valence-corrected chi connectivity index (χ2v) is 8.00. The number of nitrogens with zero attached hydrogens (tertiary/aromatic N) is 5. The highest BCUT2D eigenvalue weighted by Gasteiger charge is 2.42. The van der Waals surface area contributed by atoms with Crippen molar-refractivity contribution in [2.45, 2.75) is 32.0 Å². The molecule has 4 heterocycles. The number of carbonyl (C=O) groups is 1. The summed E-state index contributed by atoms with van der Waals surface area (Å²) in [7, 11) is 1.51. The van der Waals surface area contributed by atoms with Crippen molar-refractivity contribution in [1.29, 1.82) is 0 Å². The van der Waals surface area contributed by atoms with E-state index in [0.717, 1.165) is 5.56 Å². The zero-order chi connectivity index (χ0) is 25.9. The van der Waals surface area contributed by atoms with Gasteiger partial charge in [0.05, 0.1) is 37.0 Å². The van der Waals surface area contributed by atoms with Gasteiger partial charge in [0.2, 0.25) is 5.88 Å². The minimum absolute atomic E-state index is 0.152. The molecule has 9 nitrogen and oxygen atoms in total. The Morgan fingerprint density at radius 1 is 1.17 bits per heavy atom. The summed E-state index contributed by atoms with van der Waals surface area (Å²) in [4.78, 5) is 16.9. The lowest BCUT2D eigenvalue weighted by molar-refractivity contribution is -0.154. The van der Waals surface area contributed by atoms with E-state index in [-0.39, 0.29) is 18.8 Å². The molecule has 0 bridgehead atoms. The Labute approximate surface area is 204 Å². The first kappa shape index (κ1) is 25.2. The molecule has 36 heavy (non-hydrogen) atoms. The third-order valence-corrected chi connectivity index (χ3v) is 5.63. The van der Waals surface area contributed by atoms with Crippen LogP contribution in [0.5, 0.6) is 5.88 Å². The molecule has 0 aliphatic rings. The Morgan fingerprint density at radius 3 is 2.61 bits per heavy atom. The average molecular weight is 503 g/mol. The van der Waals surface area contributed by atoms with Crippen molar-refractivity contribution in [3.8, 4) is 17.0 Å². The number of fused-ring (bicyclic) bond motifs is 1. The smallest absolute Gasteiger partial charge is 0.397 e. The average Bonchev–Trinajstić information content (AvgIpc) is 3.46. The largest absolute Gasteiger partial charge is 0.481 e. The van der Waals surface area contributed by atoms with Crippen LogP contribution < -0.4 is 4.74 Å². The molecule has 190 valence electrons. The third-order valence-electron chi connectivity index (χ3n) is 5.63. The third kappa shape index (κ3) is 5.18. The fraction of sp³-hybridized carbons (Fsp3) is 0.333. The number of hydrogen-bond acceptors (Lipinski definition) is 7. The predicted octanol–water partition coefficient (Wildman–Crippen LogP) is 3.85. The van der Waals surface area contributed by atoms with E-state index >= 15 is 0 Å². The fourth-order valence-corrected chi connectivity index (χ4v) is 3.98. The quantitative estimate of drug-likeness (QED) is 0.346. The molecule has 0 aliphatic carbocycles. The molecule has 1 unspecified atom stereocenters. The van der Waals surface area contributed by atoms with Crippen molar-refractivity contribution in [2.75, 3.05) is 20.3 Å². The van der Waals surface area contributed by atoms with Crippen LogP contribution in [-0.4, -0.2) is 62.0 Å². The summed E-state index contributed by atoms with van der Waals surface area (Å²) in [6.07, 6.45) is 1.21. The van der Waals surface area contributed by atoms with Gasteiger partial charge in [-0.25, -0.2) is 14.5 Å². The van der Waals surface area contributed by atoms with Crippen molar-refractivity contribution < 1.29 is 32.5 Å². The van der Waals surface area contributed by atoms with E-state index in [2.05, 4.69) is 15.3 Å². The number of methoxy groups -OCH3 is 1. The molecule has 1 atom stereocenters. The Morgan fingerprint density at radius 2 is 1.97 bits per heavy atom. The summed E-state index contributed by atoms with van der Waals surface area (Å²) in [6, 6.07) is 7.08. The summed E-state index contributed by atoms with van der Waals surface area (Å²) in [5.41, 5.74) is 2.86. The van der Waals surface area contributed by atoms with Gasteiger partial charge in [0.25, 0.3) is 0 Å². The number of rotatable bonds is 9. The molecule has 0 saturated carbocycles. The lowest BCUT2D eigenvalue weighted by Crippen LogP contribution is -2.22. The highest BCUT2D eigenvalue weighted by Crippen LogP contribution is 2.36. The number of esters is 1. The van der Waals surface area contributed by atoms with E-state index in [1.807, 2.05) is 0 Å². The minimum Gasteiger partial charge on any atom is -0.481 e. The molecule has 1 N–H and O–H groups in total. The van der Waals surface area contributed by atoms with Gasteiger partial charge in [-0.15, -0.1) is 5.10 Å². The van der Waals surface area contributed by atoms with Gasteiger partial charge < -0.3 is 19.0 Å². The van der Waals surface area contributed by atoms with Crippen LogP contribution >= 0.6 is 0 Å². The Hall–Kier alpha value is -3.93. The van der Waals surface area contributed by atoms with Crippen molar-refractivity contribution in [2.24, 2.45) is 0 Å². The van der Waals surface area contributed by atoms with Crippen LogP contribution in [0.25, 0.3) is 16.6 Å². The van der Waals surface area contributed by atoms with E-state index in [0.29, 0.717) is 28.1 Å². The van der Waals surface area contributed by atoms with Gasteiger partial charge in [0, 0.05) is 48.6 Å². The number of hydrogen-bond donors (Lipinski definition) is 1. The summed E-state index contributed by atoms with van der Waals surface area (Å²) < 4.78 is 53.3.